The summed E-state index contributed by atoms with van der Waals surface area (Å²) in [5.74, 6) is 2.50. The minimum absolute atomic E-state index is 0.225. The molecular formula is C23H34N2O3. The molecule has 0 aromatic heterocycles. The molecule has 2 aliphatic carbocycles. The summed E-state index contributed by atoms with van der Waals surface area (Å²) in [7, 11) is 0. The van der Waals surface area contributed by atoms with E-state index in [9.17, 15) is 0 Å². The summed E-state index contributed by atoms with van der Waals surface area (Å²) in [6.45, 7) is 4.14. The topological polar surface area (TPSA) is 51.8 Å². The molecule has 2 heterocycles. The van der Waals surface area contributed by atoms with Crippen LogP contribution in [0.25, 0.3) is 0 Å². The van der Waals surface area contributed by atoms with Crippen LogP contribution >= 0.6 is 0 Å². The Morgan fingerprint density at radius 3 is 2.79 bits per heavy atom. The lowest BCUT2D eigenvalue weighted by molar-refractivity contribution is 0.0518. The average molecular weight is 387 g/mol. The molecule has 1 aromatic carbocycles. The number of hydrogen-bond acceptors (Lipinski definition) is 5. The van der Waals surface area contributed by atoms with E-state index in [-0.39, 0.29) is 5.41 Å². The largest absolute Gasteiger partial charge is 0.454 e. The van der Waals surface area contributed by atoms with E-state index in [0.29, 0.717) is 24.8 Å². The molecule has 154 valence electrons. The van der Waals surface area contributed by atoms with Gasteiger partial charge in [0.05, 0.1) is 13.2 Å². The summed E-state index contributed by atoms with van der Waals surface area (Å²) in [5.41, 5.74) is 1.65. The molecule has 0 bridgehead atoms. The fourth-order valence-corrected chi connectivity index (χ4v) is 5.93. The number of fused-ring (bicyclic) bond motifs is 1. The molecule has 2 N–H and O–H groups in total. The molecule has 5 nitrogen and oxygen atoms in total. The first kappa shape index (κ1) is 18.7. The van der Waals surface area contributed by atoms with Gasteiger partial charge in [0.25, 0.3) is 0 Å². The predicted octanol–water partition coefficient (Wildman–Crippen LogP) is 3.36. The van der Waals surface area contributed by atoms with Crippen molar-refractivity contribution >= 4 is 0 Å². The van der Waals surface area contributed by atoms with Gasteiger partial charge >= 0.3 is 0 Å². The number of morpholine rings is 1. The SMILES string of the molecule is c1cc2c(cc1C1(CNC3CCCC3C3COCCN3)CCCCC1)OCO2. The summed E-state index contributed by atoms with van der Waals surface area (Å²) in [5, 5.41) is 7.74. The van der Waals surface area contributed by atoms with E-state index in [0.717, 1.165) is 37.8 Å². The van der Waals surface area contributed by atoms with Gasteiger partial charge in [-0.1, -0.05) is 31.7 Å². The van der Waals surface area contributed by atoms with Gasteiger partial charge in [0.15, 0.2) is 11.5 Å². The maximum Gasteiger partial charge on any atom is 0.231 e. The van der Waals surface area contributed by atoms with Crippen LogP contribution in [0.5, 0.6) is 11.5 Å². The third-order valence-electron chi connectivity index (χ3n) is 7.53. The molecule has 2 aliphatic heterocycles. The fourth-order valence-electron chi connectivity index (χ4n) is 5.93. The van der Waals surface area contributed by atoms with Crippen molar-refractivity contribution in [3.05, 3.63) is 23.8 Å². The average Bonchev–Trinajstić information content (AvgIpc) is 3.42. The molecule has 1 aromatic rings. The van der Waals surface area contributed by atoms with Crippen molar-refractivity contribution in [2.24, 2.45) is 5.92 Å². The number of rotatable bonds is 5. The van der Waals surface area contributed by atoms with Crippen molar-refractivity contribution in [2.45, 2.75) is 68.9 Å². The first-order chi connectivity index (χ1) is 13.8. The van der Waals surface area contributed by atoms with Crippen LogP contribution in [-0.4, -0.2) is 45.2 Å². The molecule has 0 spiro atoms. The highest BCUT2D eigenvalue weighted by Crippen LogP contribution is 2.43. The Bertz CT molecular complexity index is 668. The van der Waals surface area contributed by atoms with E-state index in [4.69, 9.17) is 14.2 Å². The Morgan fingerprint density at radius 1 is 1.04 bits per heavy atom. The Hall–Kier alpha value is -1.30. The molecule has 4 aliphatic rings. The van der Waals surface area contributed by atoms with Crippen LogP contribution in [0.4, 0.5) is 0 Å². The molecule has 3 atom stereocenters. The lowest BCUT2D eigenvalue weighted by Gasteiger charge is -2.40. The second-order valence-corrected chi connectivity index (χ2v) is 9.13. The molecule has 3 fully saturated rings. The van der Waals surface area contributed by atoms with Gasteiger partial charge in [0, 0.05) is 30.6 Å². The summed E-state index contributed by atoms with van der Waals surface area (Å²) >= 11 is 0. The monoisotopic (exact) mass is 386 g/mol. The van der Waals surface area contributed by atoms with E-state index in [1.165, 1.54) is 56.9 Å². The van der Waals surface area contributed by atoms with Crippen LogP contribution in [0.3, 0.4) is 0 Å². The molecule has 1 saturated heterocycles. The highest BCUT2D eigenvalue weighted by molar-refractivity contribution is 5.47. The van der Waals surface area contributed by atoms with Gasteiger partial charge in [-0.05, 0) is 49.3 Å². The predicted molar refractivity (Wildman–Crippen MR) is 109 cm³/mol. The zero-order chi connectivity index (χ0) is 18.8. The second-order valence-electron chi connectivity index (χ2n) is 9.13. The molecule has 3 unspecified atom stereocenters. The zero-order valence-corrected chi connectivity index (χ0v) is 16.9. The van der Waals surface area contributed by atoms with E-state index >= 15 is 0 Å². The normalized spacial score (nSPS) is 31.8. The van der Waals surface area contributed by atoms with Gasteiger partial charge < -0.3 is 24.8 Å². The molecule has 0 amide bonds. The van der Waals surface area contributed by atoms with Crippen LogP contribution in [0.15, 0.2) is 18.2 Å². The second kappa shape index (κ2) is 8.21. The van der Waals surface area contributed by atoms with Crippen molar-refractivity contribution in [2.75, 3.05) is 33.1 Å². The van der Waals surface area contributed by atoms with Crippen LogP contribution in [0.1, 0.15) is 56.9 Å². The van der Waals surface area contributed by atoms with Crippen molar-refractivity contribution in [3.63, 3.8) is 0 Å². The third-order valence-corrected chi connectivity index (χ3v) is 7.53. The Balaban J connectivity index is 1.31. The zero-order valence-electron chi connectivity index (χ0n) is 16.9. The number of nitrogens with one attached hydrogen (secondary N) is 2. The van der Waals surface area contributed by atoms with E-state index in [1.54, 1.807) is 0 Å². The van der Waals surface area contributed by atoms with Crippen molar-refractivity contribution < 1.29 is 14.2 Å². The number of benzene rings is 1. The Kier molecular flexibility index (Phi) is 5.49. The first-order valence-electron chi connectivity index (χ1n) is 11.3. The maximum atomic E-state index is 5.75. The van der Waals surface area contributed by atoms with Gasteiger partial charge in [-0.15, -0.1) is 0 Å². The summed E-state index contributed by atoms with van der Waals surface area (Å²) in [6, 6.07) is 7.75. The van der Waals surface area contributed by atoms with Crippen molar-refractivity contribution in [1.29, 1.82) is 0 Å². The minimum Gasteiger partial charge on any atom is -0.454 e. The molecule has 5 heteroatoms. The molecule has 5 rings (SSSR count). The van der Waals surface area contributed by atoms with Gasteiger partial charge in [0.2, 0.25) is 6.79 Å². The maximum absolute atomic E-state index is 5.75. The van der Waals surface area contributed by atoms with Crippen LogP contribution in [0.2, 0.25) is 0 Å². The van der Waals surface area contributed by atoms with E-state index < -0.39 is 0 Å². The Labute approximate surface area is 168 Å². The van der Waals surface area contributed by atoms with Crippen LogP contribution < -0.4 is 20.1 Å². The van der Waals surface area contributed by atoms with Crippen LogP contribution in [0, 0.1) is 5.92 Å². The summed E-state index contributed by atoms with van der Waals surface area (Å²) in [4.78, 5) is 0. The molecule has 2 saturated carbocycles. The Morgan fingerprint density at radius 2 is 1.93 bits per heavy atom. The highest BCUT2D eigenvalue weighted by Gasteiger charge is 2.39. The van der Waals surface area contributed by atoms with E-state index in [2.05, 4.69) is 28.8 Å². The lowest BCUT2D eigenvalue weighted by Crippen LogP contribution is -2.52. The van der Waals surface area contributed by atoms with Gasteiger partial charge in [-0.25, -0.2) is 0 Å². The van der Waals surface area contributed by atoms with Crippen molar-refractivity contribution in [1.82, 2.24) is 10.6 Å². The molecular weight excluding hydrogens is 352 g/mol. The standard InChI is InChI=1S/C23H34N2O3/c1-2-9-23(10-3-1,17-7-8-21-22(13-17)28-16-27-21)15-25-19-6-4-5-18(19)20-14-26-12-11-24-20/h7-8,13,18-20,24-25H,1-6,9-12,14-16H2. The van der Waals surface area contributed by atoms with E-state index in [1.807, 2.05) is 0 Å². The van der Waals surface area contributed by atoms with Crippen LogP contribution in [-0.2, 0) is 10.2 Å². The smallest absolute Gasteiger partial charge is 0.231 e. The molecule has 28 heavy (non-hydrogen) atoms. The number of ether oxygens (including phenoxy) is 3. The first-order valence-corrected chi connectivity index (χ1v) is 11.3. The highest BCUT2D eigenvalue weighted by atomic mass is 16.7. The van der Waals surface area contributed by atoms with Gasteiger partial charge in [0.1, 0.15) is 0 Å². The van der Waals surface area contributed by atoms with Gasteiger partial charge in [-0.2, -0.15) is 0 Å². The third kappa shape index (κ3) is 3.64. The minimum atomic E-state index is 0.225. The van der Waals surface area contributed by atoms with Crippen molar-refractivity contribution in [3.8, 4) is 11.5 Å². The lowest BCUT2D eigenvalue weighted by atomic mass is 9.69. The summed E-state index contributed by atoms with van der Waals surface area (Å²) < 4.78 is 17.0. The number of hydrogen-bond donors (Lipinski definition) is 2. The summed E-state index contributed by atoms with van der Waals surface area (Å²) in [6.07, 6.45) is 10.5. The van der Waals surface area contributed by atoms with Gasteiger partial charge in [-0.3, -0.25) is 0 Å². The molecule has 0 radical (unpaired) electrons. The fraction of sp³-hybridized carbons (Fsp3) is 0.739. The quantitative estimate of drug-likeness (QED) is 0.813.